The summed E-state index contributed by atoms with van der Waals surface area (Å²) in [5.74, 6) is -1.57. The van der Waals surface area contributed by atoms with E-state index in [-0.39, 0.29) is 24.8 Å². The molecule has 1 unspecified atom stereocenters. The summed E-state index contributed by atoms with van der Waals surface area (Å²) >= 11 is 0. The number of nitrogens with zero attached hydrogens (tertiary/aromatic N) is 5. The van der Waals surface area contributed by atoms with Crippen LogP contribution in [-0.2, 0) is 27.3 Å². The van der Waals surface area contributed by atoms with Gasteiger partial charge >= 0.3 is 5.97 Å². The van der Waals surface area contributed by atoms with E-state index in [0.29, 0.717) is 41.3 Å². The molecular weight excluding hydrogens is 488 g/mol. The molecule has 2 N–H and O–H groups in total. The number of piperidine rings is 1. The molecule has 3 heterocycles. The number of aromatic nitrogens is 2. The van der Waals surface area contributed by atoms with Gasteiger partial charge in [0.1, 0.15) is 12.4 Å². The van der Waals surface area contributed by atoms with Gasteiger partial charge in [-0.25, -0.2) is 19.8 Å². The number of para-hydroxylation sites is 1. The second-order valence-electron chi connectivity index (χ2n) is 9.27. The lowest BCUT2D eigenvalue weighted by molar-refractivity contribution is -0.142. The van der Waals surface area contributed by atoms with Crippen molar-refractivity contribution in [3.8, 4) is 0 Å². The maximum Gasteiger partial charge on any atom is 0.329 e. The highest BCUT2D eigenvalue weighted by atomic mass is 16.7. The van der Waals surface area contributed by atoms with Crippen molar-refractivity contribution in [1.29, 1.82) is 0 Å². The molecule has 2 aliphatic rings. The third kappa shape index (κ3) is 4.82. The summed E-state index contributed by atoms with van der Waals surface area (Å²) in [4.78, 5) is 62.6. The Balaban J connectivity index is 1.60. The summed E-state index contributed by atoms with van der Waals surface area (Å²) in [6.07, 6.45) is 3.45. The normalized spacial score (nSPS) is 17.1. The number of imidazole rings is 1. The Kier molecular flexibility index (Phi) is 6.82. The van der Waals surface area contributed by atoms with E-state index < -0.39 is 17.9 Å². The van der Waals surface area contributed by atoms with Crippen LogP contribution in [0.3, 0.4) is 0 Å². The van der Waals surface area contributed by atoms with Gasteiger partial charge in [0.05, 0.1) is 23.6 Å². The van der Waals surface area contributed by atoms with Crippen LogP contribution in [-0.4, -0.2) is 51.0 Å². The first-order valence-corrected chi connectivity index (χ1v) is 12.4. The zero-order valence-corrected chi connectivity index (χ0v) is 20.9. The van der Waals surface area contributed by atoms with Crippen LogP contribution < -0.4 is 20.5 Å². The van der Waals surface area contributed by atoms with Crippen molar-refractivity contribution in [3.63, 3.8) is 0 Å². The third-order valence-electron chi connectivity index (χ3n) is 6.72. The molecule has 5 rings (SSSR count). The molecule has 0 bridgehead atoms. The number of rotatable bonds is 6. The standard InChI is InChI=1S/C27H28N6O5/c1-18(34)38-32-17-29-22-16-30(21-11-7-8-19(14-21)26(28)36)24(15-23(22)32)27(37)33(20-9-3-2-4-10-20)31-13-6-5-12-25(31)35/h2-4,7-11,14,17,24H,5-6,12-13,15-16H2,1H3,(H2,28,36). The average molecular weight is 517 g/mol. The van der Waals surface area contributed by atoms with E-state index in [4.69, 9.17) is 10.6 Å². The molecular formula is C27H28N6O5. The number of carbonyl (C=O) groups is 4. The molecule has 0 radical (unpaired) electrons. The molecule has 0 aliphatic carbocycles. The van der Waals surface area contributed by atoms with Gasteiger partial charge in [-0.2, -0.15) is 4.73 Å². The van der Waals surface area contributed by atoms with Crippen LogP contribution in [0.1, 0.15) is 47.9 Å². The van der Waals surface area contributed by atoms with E-state index in [2.05, 4.69) is 4.98 Å². The van der Waals surface area contributed by atoms with Crippen molar-refractivity contribution in [2.75, 3.05) is 16.5 Å². The van der Waals surface area contributed by atoms with Gasteiger partial charge in [0.15, 0.2) is 0 Å². The van der Waals surface area contributed by atoms with E-state index in [9.17, 15) is 19.2 Å². The quantitative estimate of drug-likeness (QED) is 0.529. The summed E-state index contributed by atoms with van der Waals surface area (Å²) in [6, 6.07) is 15.0. The Morgan fingerprint density at radius 2 is 1.87 bits per heavy atom. The van der Waals surface area contributed by atoms with Crippen LogP contribution in [0, 0.1) is 0 Å². The molecule has 2 aromatic carbocycles. The third-order valence-corrected chi connectivity index (χ3v) is 6.72. The lowest BCUT2D eigenvalue weighted by atomic mass is 9.99. The fourth-order valence-electron chi connectivity index (χ4n) is 4.94. The highest BCUT2D eigenvalue weighted by Gasteiger charge is 2.41. The molecule has 3 aromatic rings. The SMILES string of the molecule is CC(=O)On1cnc2c1CC(C(=O)N(c1ccccc1)N1CCCCC1=O)N(c1cccc(C(N)=O)c1)C2. The van der Waals surface area contributed by atoms with Gasteiger partial charge in [0, 0.05) is 37.6 Å². The Morgan fingerprint density at radius 3 is 2.58 bits per heavy atom. The number of benzene rings is 2. The minimum absolute atomic E-state index is 0.128. The second-order valence-corrected chi connectivity index (χ2v) is 9.27. The minimum atomic E-state index is -0.813. The number of carbonyl (C=O) groups excluding carboxylic acids is 4. The Bertz CT molecular complexity index is 1390. The van der Waals surface area contributed by atoms with Crippen molar-refractivity contribution in [3.05, 3.63) is 77.9 Å². The van der Waals surface area contributed by atoms with Crippen molar-refractivity contribution in [1.82, 2.24) is 14.7 Å². The maximum absolute atomic E-state index is 14.5. The maximum atomic E-state index is 14.5. The summed E-state index contributed by atoms with van der Waals surface area (Å²) in [5.41, 5.74) is 8.21. The fraction of sp³-hybridized carbons (Fsp3) is 0.296. The van der Waals surface area contributed by atoms with Crippen LogP contribution in [0.5, 0.6) is 0 Å². The molecule has 0 saturated carbocycles. The zero-order valence-electron chi connectivity index (χ0n) is 20.9. The molecule has 3 amide bonds. The molecule has 0 spiro atoms. The zero-order chi connectivity index (χ0) is 26.8. The molecule has 2 aliphatic heterocycles. The number of anilines is 2. The first-order chi connectivity index (χ1) is 18.3. The first-order valence-electron chi connectivity index (χ1n) is 12.4. The Labute approximate surface area is 219 Å². The summed E-state index contributed by atoms with van der Waals surface area (Å²) in [7, 11) is 0. The van der Waals surface area contributed by atoms with Crippen molar-refractivity contribution < 1.29 is 24.0 Å². The monoisotopic (exact) mass is 516 g/mol. The molecule has 1 atom stereocenters. The van der Waals surface area contributed by atoms with Gasteiger partial charge < -0.3 is 15.5 Å². The molecule has 1 aromatic heterocycles. The molecule has 38 heavy (non-hydrogen) atoms. The van der Waals surface area contributed by atoms with Crippen LogP contribution in [0.15, 0.2) is 60.9 Å². The minimum Gasteiger partial charge on any atom is -0.366 e. The van der Waals surface area contributed by atoms with E-state index in [1.54, 1.807) is 36.4 Å². The van der Waals surface area contributed by atoms with Crippen molar-refractivity contribution in [2.45, 2.75) is 45.2 Å². The van der Waals surface area contributed by atoms with E-state index in [1.807, 2.05) is 23.1 Å². The van der Waals surface area contributed by atoms with Crippen molar-refractivity contribution in [2.24, 2.45) is 5.73 Å². The topological polar surface area (TPSA) is 131 Å². The molecule has 1 fully saturated rings. The van der Waals surface area contributed by atoms with Gasteiger partial charge in [0.25, 0.3) is 5.91 Å². The van der Waals surface area contributed by atoms with Crippen LogP contribution in [0.25, 0.3) is 0 Å². The number of hydrazine groups is 1. The summed E-state index contributed by atoms with van der Waals surface area (Å²) < 4.78 is 1.29. The second kappa shape index (κ2) is 10.4. The number of fused-ring (bicyclic) bond motifs is 1. The molecule has 1 saturated heterocycles. The van der Waals surface area contributed by atoms with Gasteiger partial charge in [-0.05, 0) is 43.2 Å². The van der Waals surface area contributed by atoms with Crippen molar-refractivity contribution >= 4 is 35.1 Å². The van der Waals surface area contributed by atoms with Crippen LogP contribution in [0.2, 0.25) is 0 Å². The van der Waals surface area contributed by atoms with Gasteiger partial charge in [0.2, 0.25) is 11.8 Å². The number of amides is 3. The average Bonchev–Trinajstić information content (AvgIpc) is 3.30. The Hall–Kier alpha value is -4.67. The lowest BCUT2D eigenvalue weighted by Gasteiger charge is -2.43. The van der Waals surface area contributed by atoms with Gasteiger partial charge in [-0.1, -0.05) is 24.3 Å². The molecule has 11 heteroatoms. The number of hydrogen-bond acceptors (Lipinski definition) is 7. The number of hydrogen-bond donors (Lipinski definition) is 1. The smallest absolute Gasteiger partial charge is 0.329 e. The highest BCUT2D eigenvalue weighted by molar-refractivity contribution is 6.02. The van der Waals surface area contributed by atoms with E-state index in [0.717, 1.165) is 12.8 Å². The summed E-state index contributed by atoms with van der Waals surface area (Å²) in [6.45, 7) is 1.91. The number of primary amides is 1. The Morgan fingerprint density at radius 1 is 1.08 bits per heavy atom. The summed E-state index contributed by atoms with van der Waals surface area (Å²) in [5, 5.41) is 2.96. The van der Waals surface area contributed by atoms with E-state index in [1.165, 1.54) is 28.0 Å². The number of nitrogens with two attached hydrogens (primary N) is 1. The van der Waals surface area contributed by atoms with Crippen LogP contribution >= 0.6 is 0 Å². The predicted molar refractivity (Wildman–Crippen MR) is 138 cm³/mol. The molecule has 196 valence electrons. The van der Waals surface area contributed by atoms with Crippen LogP contribution in [0.4, 0.5) is 11.4 Å². The van der Waals surface area contributed by atoms with Gasteiger partial charge in [-0.15, -0.1) is 0 Å². The first kappa shape index (κ1) is 25.0. The highest BCUT2D eigenvalue weighted by Crippen LogP contribution is 2.32. The predicted octanol–water partition coefficient (Wildman–Crippen LogP) is 1.85. The van der Waals surface area contributed by atoms with E-state index >= 15 is 0 Å². The lowest BCUT2D eigenvalue weighted by Crippen LogP contribution is -2.59. The largest absolute Gasteiger partial charge is 0.366 e. The van der Waals surface area contributed by atoms with Gasteiger partial charge in [-0.3, -0.25) is 14.4 Å². The molecule has 11 nitrogen and oxygen atoms in total. The fourth-order valence-corrected chi connectivity index (χ4v) is 4.94.